The average molecular weight is 136 g/mol. The van der Waals surface area contributed by atoms with Crippen LogP contribution >= 0.6 is 0 Å². The van der Waals surface area contributed by atoms with Crippen molar-refractivity contribution < 1.29 is 0 Å². The van der Waals surface area contributed by atoms with Gasteiger partial charge in [0.15, 0.2) is 0 Å². The molecular formula is C8H12N2. The average Bonchev–Trinajstić information content (AvgIpc) is 1.92. The first-order chi connectivity index (χ1) is 4.92. The molecular weight excluding hydrogens is 124 g/mol. The zero-order valence-corrected chi connectivity index (χ0v) is 5.96. The molecule has 0 aliphatic heterocycles. The van der Waals surface area contributed by atoms with Gasteiger partial charge in [-0.2, -0.15) is 5.10 Å². The molecule has 0 heterocycles. The van der Waals surface area contributed by atoms with Crippen molar-refractivity contribution >= 4 is 5.71 Å². The van der Waals surface area contributed by atoms with E-state index in [0.717, 1.165) is 12.3 Å². The molecule has 2 N–H and O–H groups in total. The standard InChI is InChI=1S/C8H12N2/c9-10-8-5-6-3-1-2-4-7(6)8/h1,3,6-7H,2,4-5,9H2. The fourth-order valence-electron chi connectivity index (χ4n) is 1.90. The fraction of sp³-hybridized carbons (Fsp3) is 0.625. The van der Waals surface area contributed by atoms with Crippen molar-refractivity contribution in [2.75, 3.05) is 0 Å². The van der Waals surface area contributed by atoms with Crippen LogP contribution in [0.15, 0.2) is 17.3 Å². The molecule has 2 heteroatoms. The molecule has 2 atom stereocenters. The molecule has 1 saturated carbocycles. The lowest BCUT2D eigenvalue weighted by molar-refractivity contribution is 0.391. The molecule has 0 radical (unpaired) electrons. The number of hydrazone groups is 1. The van der Waals surface area contributed by atoms with Crippen molar-refractivity contribution in [3.8, 4) is 0 Å². The van der Waals surface area contributed by atoms with Crippen molar-refractivity contribution in [3.05, 3.63) is 12.2 Å². The third-order valence-electron chi connectivity index (χ3n) is 2.58. The Kier molecular flexibility index (Phi) is 1.26. The van der Waals surface area contributed by atoms with Crippen LogP contribution in [0.25, 0.3) is 0 Å². The zero-order valence-electron chi connectivity index (χ0n) is 5.96. The van der Waals surface area contributed by atoms with Crippen LogP contribution in [0.2, 0.25) is 0 Å². The van der Waals surface area contributed by atoms with E-state index in [9.17, 15) is 0 Å². The van der Waals surface area contributed by atoms with E-state index in [1.54, 1.807) is 0 Å². The first kappa shape index (κ1) is 5.96. The van der Waals surface area contributed by atoms with Crippen molar-refractivity contribution in [2.24, 2.45) is 22.8 Å². The number of nitrogens with two attached hydrogens (primary N) is 1. The monoisotopic (exact) mass is 136 g/mol. The lowest BCUT2D eigenvalue weighted by Gasteiger charge is -2.38. The van der Waals surface area contributed by atoms with Gasteiger partial charge in [0.1, 0.15) is 0 Å². The van der Waals surface area contributed by atoms with E-state index in [4.69, 9.17) is 5.84 Å². The third kappa shape index (κ3) is 0.681. The molecule has 10 heavy (non-hydrogen) atoms. The number of fused-ring (bicyclic) bond motifs is 1. The Bertz CT molecular complexity index is 193. The maximum absolute atomic E-state index is 5.20. The molecule has 0 aromatic heterocycles. The van der Waals surface area contributed by atoms with Crippen LogP contribution in [0.4, 0.5) is 0 Å². The first-order valence-corrected chi connectivity index (χ1v) is 3.85. The summed E-state index contributed by atoms with van der Waals surface area (Å²) in [6.07, 6.45) is 8.16. The summed E-state index contributed by atoms with van der Waals surface area (Å²) >= 11 is 0. The highest BCUT2D eigenvalue weighted by atomic mass is 15.1. The van der Waals surface area contributed by atoms with Crippen LogP contribution in [0, 0.1) is 11.8 Å². The van der Waals surface area contributed by atoms with Crippen LogP contribution in [-0.2, 0) is 0 Å². The van der Waals surface area contributed by atoms with Crippen molar-refractivity contribution in [1.82, 2.24) is 0 Å². The molecule has 0 aromatic carbocycles. The molecule has 2 rings (SSSR count). The van der Waals surface area contributed by atoms with Gasteiger partial charge in [-0.3, -0.25) is 0 Å². The summed E-state index contributed by atoms with van der Waals surface area (Å²) in [5.74, 6) is 6.68. The van der Waals surface area contributed by atoms with Crippen LogP contribution in [0.5, 0.6) is 0 Å². The normalized spacial score (nSPS) is 41.0. The molecule has 54 valence electrons. The van der Waals surface area contributed by atoms with E-state index in [1.807, 2.05) is 0 Å². The number of nitrogens with zero attached hydrogens (tertiary/aromatic N) is 1. The van der Waals surface area contributed by atoms with Crippen LogP contribution in [-0.4, -0.2) is 5.71 Å². The summed E-state index contributed by atoms with van der Waals surface area (Å²) in [5.41, 5.74) is 1.23. The molecule has 1 fully saturated rings. The minimum Gasteiger partial charge on any atom is -0.323 e. The lowest BCUT2D eigenvalue weighted by Crippen LogP contribution is -2.38. The van der Waals surface area contributed by atoms with Crippen LogP contribution < -0.4 is 5.84 Å². The highest BCUT2D eigenvalue weighted by Crippen LogP contribution is 2.38. The number of allylic oxidation sites excluding steroid dienone is 2. The Balaban J connectivity index is 2.11. The Labute approximate surface area is 60.8 Å². The quantitative estimate of drug-likeness (QED) is 0.304. The topological polar surface area (TPSA) is 38.4 Å². The molecule has 0 bridgehead atoms. The van der Waals surface area contributed by atoms with Gasteiger partial charge >= 0.3 is 0 Å². The smallest absolute Gasteiger partial charge is 0.0418 e. The number of rotatable bonds is 0. The largest absolute Gasteiger partial charge is 0.323 e. The van der Waals surface area contributed by atoms with Gasteiger partial charge in [0, 0.05) is 11.6 Å². The summed E-state index contributed by atoms with van der Waals surface area (Å²) in [6, 6.07) is 0. The second kappa shape index (κ2) is 2.11. The van der Waals surface area contributed by atoms with Crippen LogP contribution in [0.3, 0.4) is 0 Å². The second-order valence-electron chi connectivity index (χ2n) is 3.10. The third-order valence-corrected chi connectivity index (χ3v) is 2.58. The van der Waals surface area contributed by atoms with Crippen molar-refractivity contribution in [2.45, 2.75) is 19.3 Å². The highest BCUT2D eigenvalue weighted by Gasteiger charge is 2.36. The maximum Gasteiger partial charge on any atom is 0.0418 e. The molecule has 2 aliphatic carbocycles. The van der Waals surface area contributed by atoms with E-state index in [1.165, 1.54) is 18.6 Å². The summed E-state index contributed by atoms with van der Waals surface area (Å²) in [6.45, 7) is 0. The zero-order chi connectivity index (χ0) is 6.97. The predicted molar refractivity (Wildman–Crippen MR) is 41.6 cm³/mol. The molecule has 0 amide bonds. The number of hydrogen-bond acceptors (Lipinski definition) is 2. The Morgan fingerprint density at radius 2 is 2.50 bits per heavy atom. The lowest BCUT2D eigenvalue weighted by atomic mass is 9.67. The second-order valence-corrected chi connectivity index (χ2v) is 3.10. The molecule has 2 nitrogen and oxygen atoms in total. The molecule has 0 spiro atoms. The van der Waals surface area contributed by atoms with Crippen molar-refractivity contribution in [3.63, 3.8) is 0 Å². The SMILES string of the molecule is NN=C1CC2C=CCCC12. The van der Waals surface area contributed by atoms with Crippen LogP contribution in [0.1, 0.15) is 19.3 Å². The van der Waals surface area contributed by atoms with E-state index in [2.05, 4.69) is 17.3 Å². The van der Waals surface area contributed by atoms with Gasteiger partial charge in [-0.1, -0.05) is 12.2 Å². The number of hydrogen-bond donors (Lipinski definition) is 1. The minimum absolute atomic E-state index is 0.704. The molecule has 0 saturated heterocycles. The Hall–Kier alpha value is -0.790. The Morgan fingerprint density at radius 3 is 3.20 bits per heavy atom. The van der Waals surface area contributed by atoms with Gasteiger partial charge in [0.25, 0.3) is 0 Å². The van der Waals surface area contributed by atoms with E-state index < -0.39 is 0 Å². The Morgan fingerprint density at radius 1 is 1.60 bits per heavy atom. The molecule has 2 aliphatic rings. The maximum atomic E-state index is 5.20. The molecule has 2 unspecified atom stereocenters. The minimum atomic E-state index is 0.704. The van der Waals surface area contributed by atoms with E-state index in [0.29, 0.717) is 5.92 Å². The van der Waals surface area contributed by atoms with Gasteiger partial charge in [-0.15, -0.1) is 0 Å². The predicted octanol–water partition coefficient (Wildman–Crippen LogP) is 1.29. The van der Waals surface area contributed by atoms with Gasteiger partial charge in [0.2, 0.25) is 0 Å². The summed E-state index contributed by atoms with van der Waals surface area (Å²) in [4.78, 5) is 0. The summed E-state index contributed by atoms with van der Waals surface area (Å²) in [5, 5.41) is 3.76. The fourth-order valence-corrected chi connectivity index (χ4v) is 1.90. The van der Waals surface area contributed by atoms with Gasteiger partial charge in [0.05, 0.1) is 0 Å². The van der Waals surface area contributed by atoms with Crippen molar-refractivity contribution in [1.29, 1.82) is 0 Å². The van der Waals surface area contributed by atoms with Gasteiger partial charge in [-0.25, -0.2) is 0 Å². The van der Waals surface area contributed by atoms with E-state index >= 15 is 0 Å². The summed E-state index contributed by atoms with van der Waals surface area (Å²) < 4.78 is 0. The van der Waals surface area contributed by atoms with Gasteiger partial charge in [-0.05, 0) is 25.2 Å². The van der Waals surface area contributed by atoms with E-state index in [-0.39, 0.29) is 0 Å². The summed E-state index contributed by atoms with van der Waals surface area (Å²) in [7, 11) is 0. The first-order valence-electron chi connectivity index (χ1n) is 3.85. The highest BCUT2D eigenvalue weighted by molar-refractivity contribution is 5.93. The van der Waals surface area contributed by atoms with Gasteiger partial charge < -0.3 is 5.84 Å². The molecule has 0 aromatic rings.